The van der Waals surface area contributed by atoms with E-state index in [1.807, 2.05) is 0 Å². The third-order valence-electron chi connectivity index (χ3n) is 3.77. The van der Waals surface area contributed by atoms with Gasteiger partial charge in [0.1, 0.15) is 11.5 Å². The Balaban J connectivity index is 1.98. The number of H-pyrrole nitrogens is 1. The van der Waals surface area contributed by atoms with Gasteiger partial charge in [0.05, 0.1) is 6.04 Å². The van der Waals surface area contributed by atoms with Crippen molar-refractivity contribution in [1.29, 1.82) is 0 Å². The Morgan fingerprint density at radius 2 is 1.93 bits per heavy atom. The van der Waals surface area contributed by atoms with E-state index in [9.17, 15) is 26.7 Å². The Kier molecular flexibility index (Phi) is 5.48. The molecule has 1 aromatic carbocycles. The van der Waals surface area contributed by atoms with Crippen LogP contribution in [0.1, 0.15) is 33.6 Å². The molecule has 2 N–H and O–H groups in total. The molecular formula is C18H13F5N4O2. The molecule has 0 spiro atoms. The number of hydrogen-bond donors (Lipinski definition) is 2. The lowest BCUT2D eigenvalue weighted by molar-refractivity contribution is -0.275. The van der Waals surface area contributed by atoms with Crippen LogP contribution in [0.5, 0.6) is 5.75 Å². The molecule has 0 aliphatic carbocycles. The van der Waals surface area contributed by atoms with Gasteiger partial charge in [-0.05, 0) is 36.8 Å². The van der Waals surface area contributed by atoms with E-state index in [2.05, 4.69) is 25.0 Å². The van der Waals surface area contributed by atoms with Crippen LogP contribution in [0.2, 0.25) is 0 Å². The molecule has 1 unspecified atom stereocenters. The van der Waals surface area contributed by atoms with Gasteiger partial charge in [-0.25, -0.2) is 13.8 Å². The molecule has 6 nitrogen and oxygen atoms in total. The molecule has 2 heterocycles. The fourth-order valence-electron chi connectivity index (χ4n) is 2.55. The standard InChI is InChI=1S/C18H13F5N4O2/c1-9-8-25-16(26-9)17(28)27-14(15-11(19)3-2-6-24-15)10-4-5-13(12(20)7-10)29-18(21,22)23/h2-8,14H,1H3,(H,25,26)(H,27,28). The van der Waals surface area contributed by atoms with Crippen molar-refractivity contribution in [3.63, 3.8) is 0 Å². The average molecular weight is 412 g/mol. The van der Waals surface area contributed by atoms with E-state index in [0.717, 1.165) is 18.2 Å². The SMILES string of the molecule is Cc1cnc(C(=O)NC(c2ccc(OC(F)(F)F)c(F)c2)c2ncccc2F)[nH]1. The number of aryl methyl sites for hydroxylation is 1. The minimum absolute atomic E-state index is 0.0498. The highest BCUT2D eigenvalue weighted by Crippen LogP contribution is 2.30. The van der Waals surface area contributed by atoms with E-state index in [0.29, 0.717) is 11.8 Å². The molecule has 0 fully saturated rings. The predicted molar refractivity (Wildman–Crippen MR) is 89.9 cm³/mol. The maximum atomic E-state index is 14.3. The lowest BCUT2D eigenvalue weighted by Crippen LogP contribution is -2.31. The topological polar surface area (TPSA) is 79.9 Å². The minimum Gasteiger partial charge on any atom is -0.403 e. The number of halogens is 5. The van der Waals surface area contributed by atoms with Crippen molar-refractivity contribution in [3.8, 4) is 5.75 Å². The molecule has 29 heavy (non-hydrogen) atoms. The van der Waals surface area contributed by atoms with E-state index >= 15 is 0 Å². The molecule has 1 atom stereocenters. The third kappa shape index (κ3) is 4.86. The van der Waals surface area contributed by atoms with Gasteiger partial charge in [-0.15, -0.1) is 13.2 Å². The second-order valence-corrected chi connectivity index (χ2v) is 5.93. The molecule has 0 saturated heterocycles. The Hall–Kier alpha value is -3.50. The van der Waals surface area contributed by atoms with Crippen LogP contribution in [-0.2, 0) is 0 Å². The van der Waals surface area contributed by atoms with Crippen molar-refractivity contribution < 1.29 is 31.5 Å². The van der Waals surface area contributed by atoms with Crippen LogP contribution in [0.4, 0.5) is 22.0 Å². The number of ether oxygens (including phenoxy) is 1. The van der Waals surface area contributed by atoms with Crippen LogP contribution < -0.4 is 10.1 Å². The zero-order valence-electron chi connectivity index (χ0n) is 14.7. The summed E-state index contributed by atoms with van der Waals surface area (Å²) in [5.41, 5.74) is 0.287. The van der Waals surface area contributed by atoms with Gasteiger partial charge < -0.3 is 15.0 Å². The van der Waals surface area contributed by atoms with E-state index in [-0.39, 0.29) is 17.1 Å². The van der Waals surface area contributed by atoms with Gasteiger partial charge in [0.25, 0.3) is 5.91 Å². The van der Waals surface area contributed by atoms with Gasteiger partial charge in [0.2, 0.25) is 0 Å². The molecule has 0 radical (unpaired) electrons. The van der Waals surface area contributed by atoms with E-state index < -0.39 is 35.7 Å². The molecule has 3 rings (SSSR count). The number of pyridine rings is 1. The van der Waals surface area contributed by atoms with Gasteiger partial charge in [-0.2, -0.15) is 0 Å². The summed E-state index contributed by atoms with van der Waals surface area (Å²) >= 11 is 0. The van der Waals surface area contributed by atoms with Crippen molar-refractivity contribution in [3.05, 3.63) is 77.1 Å². The molecular weight excluding hydrogens is 399 g/mol. The molecule has 152 valence electrons. The normalized spacial score (nSPS) is 12.5. The first-order valence-corrected chi connectivity index (χ1v) is 8.12. The van der Waals surface area contributed by atoms with Gasteiger partial charge in [0, 0.05) is 18.1 Å². The summed E-state index contributed by atoms with van der Waals surface area (Å²) < 4.78 is 69.0. The lowest BCUT2D eigenvalue weighted by Gasteiger charge is -2.19. The molecule has 1 amide bonds. The van der Waals surface area contributed by atoms with E-state index in [4.69, 9.17) is 0 Å². The number of nitrogens with one attached hydrogen (secondary N) is 2. The first-order valence-electron chi connectivity index (χ1n) is 8.12. The van der Waals surface area contributed by atoms with E-state index in [1.54, 1.807) is 6.92 Å². The molecule has 0 bridgehead atoms. The fourth-order valence-corrected chi connectivity index (χ4v) is 2.55. The number of benzene rings is 1. The Bertz CT molecular complexity index is 1040. The first-order chi connectivity index (χ1) is 13.6. The highest BCUT2D eigenvalue weighted by Gasteiger charge is 2.33. The van der Waals surface area contributed by atoms with Crippen molar-refractivity contribution >= 4 is 5.91 Å². The smallest absolute Gasteiger partial charge is 0.403 e. The molecule has 3 aromatic rings. The van der Waals surface area contributed by atoms with Crippen molar-refractivity contribution in [1.82, 2.24) is 20.3 Å². The number of carbonyl (C=O) groups is 1. The van der Waals surface area contributed by atoms with Crippen molar-refractivity contribution in [2.45, 2.75) is 19.3 Å². The number of nitrogens with zero attached hydrogens (tertiary/aromatic N) is 2. The van der Waals surface area contributed by atoms with Crippen LogP contribution >= 0.6 is 0 Å². The Morgan fingerprint density at radius 1 is 1.17 bits per heavy atom. The second-order valence-electron chi connectivity index (χ2n) is 5.93. The lowest BCUT2D eigenvalue weighted by atomic mass is 10.0. The number of amides is 1. The number of rotatable bonds is 5. The Labute approximate surface area is 160 Å². The summed E-state index contributed by atoms with van der Waals surface area (Å²) in [5, 5.41) is 2.45. The zero-order chi connectivity index (χ0) is 21.2. The minimum atomic E-state index is -5.08. The zero-order valence-corrected chi connectivity index (χ0v) is 14.7. The van der Waals surface area contributed by atoms with Gasteiger partial charge in [-0.3, -0.25) is 9.78 Å². The molecule has 11 heteroatoms. The molecule has 0 aliphatic heterocycles. The summed E-state index contributed by atoms with van der Waals surface area (Å²) in [7, 11) is 0. The monoisotopic (exact) mass is 412 g/mol. The second kappa shape index (κ2) is 7.86. The maximum Gasteiger partial charge on any atom is 0.573 e. The maximum absolute atomic E-state index is 14.3. The summed E-state index contributed by atoms with van der Waals surface area (Å²) in [6.07, 6.45) is -2.43. The number of imidazole rings is 1. The molecule has 0 aliphatic rings. The summed E-state index contributed by atoms with van der Waals surface area (Å²) in [6, 6.07) is 3.59. The molecule has 0 saturated carbocycles. The van der Waals surface area contributed by atoms with Gasteiger partial charge in [0.15, 0.2) is 17.4 Å². The van der Waals surface area contributed by atoms with E-state index in [1.165, 1.54) is 18.5 Å². The first kappa shape index (κ1) is 20.2. The fraction of sp³-hybridized carbons (Fsp3) is 0.167. The van der Waals surface area contributed by atoms with Crippen molar-refractivity contribution in [2.24, 2.45) is 0 Å². The average Bonchev–Trinajstić information content (AvgIpc) is 3.07. The summed E-state index contributed by atoms with van der Waals surface area (Å²) in [5.74, 6) is -4.03. The van der Waals surface area contributed by atoms with Crippen LogP contribution in [0, 0.1) is 18.6 Å². The van der Waals surface area contributed by atoms with Gasteiger partial charge in [-0.1, -0.05) is 6.07 Å². The summed E-state index contributed by atoms with van der Waals surface area (Å²) in [6.45, 7) is 1.66. The summed E-state index contributed by atoms with van der Waals surface area (Å²) in [4.78, 5) is 22.8. The highest BCUT2D eigenvalue weighted by molar-refractivity contribution is 5.91. The number of aromatic nitrogens is 3. The van der Waals surface area contributed by atoms with Crippen LogP contribution in [0.15, 0.2) is 42.7 Å². The largest absolute Gasteiger partial charge is 0.573 e. The predicted octanol–water partition coefficient (Wildman–Crippen LogP) is 3.81. The third-order valence-corrected chi connectivity index (χ3v) is 3.77. The quantitative estimate of drug-likeness (QED) is 0.625. The van der Waals surface area contributed by atoms with Crippen LogP contribution in [0.3, 0.4) is 0 Å². The number of carbonyl (C=O) groups excluding carboxylic acids is 1. The number of hydrogen-bond acceptors (Lipinski definition) is 4. The van der Waals surface area contributed by atoms with Crippen LogP contribution in [-0.4, -0.2) is 27.2 Å². The number of aromatic amines is 1. The Morgan fingerprint density at radius 3 is 2.52 bits per heavy atom. The number of alkyl halides is 3. The molecule has 2 aromatic heterocycles. The highest BCUT2D eigenvalue weighted by atomic mass is 19.4. The van der Waals surface area contributed by atoms with Crippen molar-refractivity contribution in [2.75, 3.05) is 0 Å². The van der Waals surface area contributed by atoms with Gasteiger partial charge >= 0.3 is 6.36 Å². The van der Waals surface area contributed by atoms with Crippen LogP contribution in [0.25, 0.3) is 0 Å².